The molecule has 1 aromatic heterocycles. The summed E-state index contributed by atoms with van der Waals surface area (Å²) in [6.45, 7) is 4.27. The van der Waals surface area contributed by atoms with Crippen LogP contribution in [0.25, 0.3) is 11.4 Å². The van der Waals surface area contributed by atoms with E-state index in [1.807, 2.05) is 30.5 Å². The van der Waals surface area contributed by atoms with Crippen LogP contribution in [0.4, 0.5) is 0 Å². The molecule has 0 aliphatic heterocycles. The van der Waals surface area contributed by atoms with Crippen molar-refractivity contribution < 1.29 is 0 Å². The minimum atomic E-state index is 0.701. The van der Waals surface area contributed by atoms with Crippen molar-refractivity contribution in [3.05, 3.63) is 46.7 Å². The Labute approximate surface area is 130 Å². The standard InChI is InChI=1S/C17H20ClN3/c1-2-19-10-12-7-8-16-13(9-12)11-20-17(21-16)14-5-3-4-6-15(14)18/h3-6,11-12,19H,2,7-10H2,1H3. The molecule has 1 unspecified atom stereocenters. The van der Waals surface area contributed by atoms with Gasteiger partial charge in [0, 0.05) is 17.5 Å². The van der Waals surface area contributed by atoms with Crippen LogP contribution in [0.15, 0.2) is 30.5 Å². The second kappa shape index (κ2) is 6.54. The number of halogens is 1. The molecule has 3 rings (SSSR count). The molecule has 0 spiro atoms. The van der Waals surface area contributed by atoms with Crippen molar-refractivity contribution in [3.63, 3.8) is 0 Å². The number of fused-ring (bicyclic) bond motifs is 1. The number of aromatic nitrogens is 2. The molecule has 0 bridgehead atoms. The largest absolute Gasteiger partial charge is 0.317 e. The van der Waals surface area contributed by atoms with Gasteiger partial charge in [-0.3, -0.25) is 0 Å². The molecule has 0 fully saturated rings. The quantitative estimate of drug-likeness (QED) is 0.939. The zero-order chi connectivity index (χ0) is 14.7. The maximum absolute atomic E-state index is 6.23. The minimum Gasteiger partial charge on any atom is -0.317 e. The molecule has 0 amide bonds. The highest BCUT2D eigenvalue weighted by molar-refractivity contribution is 6.33. The second-order valence-corrected chi connectivity index (χ2v) is 5.97. The van der Waals surface area contributed by atoms with Crippen molar-refractivity contribution in [1.29, 1.82) is 0 Å². The van der Waals surface area contributed by atoms with Gasteiger partial charge in [-0.2, -0.15) is 0 Å². The predicted molar refractivity (Wildman–Crippen MR) is 86.5 cm³/mol. The Kier molecular flexibility index (Phi) is 4.51. The summed E-state index contributed by atoms with van der Waals surface area (Å²) in [6.07, 6.45) is 5.29. The van der Waals surface area contributed by atoms with Gasteiger partial charge in [0.1, 0.15) is 0 Å². The van der Waals surface area contributed by atoms with Crippen molar-refractivity contribution in [2.45, 2.75) is 26.2 Å². The fourth-order valence-electron chi connectivity index (χ4n) is 2.88. The Balaban J connectivity index is 1.82. The Morgan fingerprint density at radius 2 is 2.19 bits per heavy atom. The first-order chi connectivity index (χ1) is 10.3. The lowest BCUT2D eigenvalue weighted by molar-refractivity contribution is 0.425. The van der Waals surface area contributed by atoms with Crippen LogP contribution < -0.4 is 5.32 Å². The average molecular weight is 302 g/mol. The van der Waals surface area contributed by atoms with Gasteiger partial charge in [-0.1, -0.05) is 30.7 Å². The van der Waals surface area contributed by atoms with E-state index in [9.17, 15) is 0 Å². The smallest absolute Gasteiger partial charge is 0.160 e. The fraction of sp³-hybridized carbons (Fsp3) is 0.412. The van der Waals surface area contributed by atoms with Crippen LogP contribution >= 0.6 is 11.6 Å². The summed E-state index contributed by atoms with van der Waals surface area (Å²) < 4.78 is 0. The van der Waals surface area contributed by atoms with Gasteiger partial charge >= 0.3 is 0 Å². The Hall–Kier alpha value is -1.45. The van der Waals surface area contributed by atoms with E-state index >= 15 is 0 Å². The van der Waals surface area contributed by atoms with Crippen LogP contribution in [0.5, 0.6) is 0 Å². The third kappa shape index (κ3) is 3.25. The van der Waals surface area contributed by atoms with Crippen molar-refractivity contribution in [1.82, 2.24) is 15.3 Å². The predicted octanol–water partition coefficient (Wildman–Crippen LogP) is 3.51. The van der Waals surface area contributed by atoms with E-state index in [1.54, 1.807) is 0 Å². The summed E-state index contributed by atoms with van der Waals surface area (Å²) in [5.74, 6) is 1.44. The molecule has 21 heavy (non-hydrogen) atoms. The molecule has 1 aliphatic carbocycles. The van der Waals surface area contributed by atoms with E-state index in [2.05, 4.69) is 17.2 Å². The number of aryl methyl sites for hydroxylation is 1. The Morgan fingerprint density at radius 1 is 1.33 bits per heavy atom. The number of nitrogens with one attached hydrogen (secondary N) is 1. The summed E-state index contributed by atoms with van der Waals surface area (Å²) in [6, 6.07) is 7.75. The lowest BCUT2D eigenvalue weighted by Crippen LogP contribution is -2.27. The van der Waals surface area contributed by atoms with Gasteiger partial charge in [-0.05, 0) is 56.0 Å². The molecule has 3 nitrogen and oxygen atoms in total. The molecule has 1 aromatic carbocycles. The zero-order valence-electron chi connectivity index (χ0n) is 12.3. The van der Waals surface area contributed by atoms with Crippen LogP contribution in [-0.2, 0) is 12.8 Å². The Bertz CT molecular complexity index is 627. The SMILES string of the molecule is CCNCC1CCc2nc(-c3ccccc3Cl)ncc2C1. The van der Waals surface area contributed by atoms with E-state index in [1.165, 1.54) is 17.7 Å². The van der Waals surface area contributed by atoms with Gasteiger partial charge in [0.05, 0.1) is 5.02 Å². The maximum Gasteiger partial charge on any atom is 0.160 e. The van der Waals surface area contributed by atoms with Gasteiger partial charge < -0.3 is 5.32 Å². The highest BCUT2D eigenvalue weighted by Crippen LogP contribution is 2.28. The van der Waals surface area contributed by atoms with Gasteiger partial charge in [0.25, 0.3) is 0 Å². The number of hydrogen-bond acceptors (Lipinski definition) is 3. The molecule has 1 N–H and O–H groups in total. The molecule has 2 aromatic rings. The molecule has 0 saturated heterocycles. The van der Waals surface area contributed by atoms with E-state index in [0.29, 0.717) is 10.9 Å². The number of hydrogen-bond donors (Lipinski definition) is 1. The third-order valence-corrected chi connectivity index (χ3v) is 4.38. The Morgan fingerprint density at radius 3 is 3.00 bits per heavy atom. The molecular formula is C17H20ClN3. The molecule has 4 heteroatoms. The maximum atomic E-state index is 6.23. The van der Waals surface area contributed by atoms with Crippen LogP contribution in [0.2, 0.25) is 5.02 Å². The van der Waals surface area contributed by atoms with Crippen LogP contribution in [-0.4, -0.2) is 23.1 Å². The molecule has 1 aliphatic rings. The van der Waals surface area contributed by atoms with Crippen LogP contribution in [0.3, 0.4) is 0 Å². The first kappa shape index (κ1) is 14.5. The summed E-state index contributed by atoms with van der Waals surface area (Å²) >= 11 is 6.23. The topological polar surface area (TPSA) is 37.8 Å². The third-order valence-electron chi connectivity index (χ3n) is 4.05. The normalized spacial score (nSPS) is 17.5. The second-order valence-electron chi connectivity index (χ2n) is 5.56. The molecule has 0 saturated carbocycles. The van der Waals surface area contributed by atoms with E-state index in [4.69, 9.17) is 16.6 Å². The molecule has 1 heterocycles. The lowest BCUT2D eigenvalue weighted by atomic mass is 9.87. The fourth-order valence-corrected chi connectivity index (χ4v) is 3.10. The zero-order valence-corrected chi connectivity index (χ0v) is 13.0. The monoisotopic (exact) mass is 301 g/mol. The van der Waals surface area contributed by atoms with Crippen molar-refractivity contribution in [3.8, 4) is 11.4 Å². The summed E-state index contributed by atoms with van der Waals surface area (Å²) in [4.78, 5) is 9.26. The van der Waals surface area contributed by atoms with Crippen molar-refractivity contribution >= 4 is 11.6 Å². The van der Waals surface area contributed by atoms with Crippen molar-refractivity contribution in [2.24, 2.45) is 5.92 Å². The number of benzene rings is 1. The molecule has 0 radical (unpaired) electrons. The molecule has 1 atom stereocenters. The first-order valence-electron chi connectivity index (χ1n) is 7.58. The van der Waals surface area contributed by atoms with E-state index in [-0.39, 0.29) is 0 Å². The van der Waals surface area contributed by atoms with Crippen molar-refractivity contribution in [2.75, 3.05) is 13.1 Å². The summed E-state index contributed by atoms with van der Waals surface area (Å²) in [7, 11) is 0. The van der Waals surface area contributed by atoms with E-state index in [0.717, 1.165) is 37.3 Å². The first-order valence-corrected chi connectivity index (χ1v) is 7.96. The summed E-state index contributed by atoms with van der Waals surface area (Å²) in [5, 5.41) is 4.14. The van der Waals surface area contributed by atoms with Gasteiger partial charge in [-0.25, -0.2) is 9.97 Å². The summed E-state index contributed by atoms with van der Waals surface area (Å²) in [5.41, 5.74) is 3.39. The van der Waals surface area contributed by atoms with Gasteiger partial charge in [0.15, 0.2) is 5.82 Å². The highest BCUT2D eigenvalue weighted by atomic mass is 35.5. The van der Waals surface area contributed by atoms with Crippen LogP contribution in [0, 0.1) is 5.92 Å². The lowest BCUT2D eigenvalue weighted by Gasteiger charge is -2.24. The number of nitrogens with zero attached hydrogens (tertiary/aromatic N) is 2. The molecular weight excluding hydrogens is 282 g/mol. The highest BCUT2D eigenvalue weighted by Gasteiger charge is 2.20. The van der Waals surface area contributed by atoms with Gasteiger partial charge in [-0.15, -0.1) is 0 Å². The van der Waals surface area contributed by atoms with E-state index < -0.39 is 0 Å². The van der Waals surface area contributed by atoms with Crippen LogP contribution in [0.1, 0.15) is 24.6 Å². The average Bonchev–Trinajstić information content (AvgIpc) is 2.53. The minimum absolute atomic E-state index is 0.701. The number of rotatable bonds is 4. The molecule has 110 valence electrons. The van der Waals surface area contributed by atoms with Gasteiger partial charge in [0.2, 0.25) is 0 Å².